The molecule has 33 heavy (non-hydrogen) atoms. The average molecular weight is 476 g/mol. The maximum atomic E-state index is 13.4. The van der Waals surface area contributed by atoms with Gasteiger partial charge in [-0.3, -0.25) is 4.79 Å². The SMILES string of the molecule is COc1cc([C@@H]2C(C(=O)OC[C@@H]3CCCO3)=C(C)NC3=C2C(=O)CC(C)(C)C3)cc(Cl)c1O. The van der Waals surface area contributed by atoms with Crippen molar-refractivity contribution in [3.63, 3.8) is 0 Å². The number of Topliss-reactive ketones (excluding diaryl/α,β-unsaturated/α-hetero) is 1. The molecule has 2 N–H and O–H groups in total. The number of rotatable bonds is 5. The summed E-state index contributed by atoms with van der Waals surface area (Å²) in [6, 6.07) is 3.20. The Bertz CT molecular complexity index is 1050. The van der Waals surface area contributed by atoms with Crippen molar-refractivity contribution < 1.29 is 28.9 Å². The molecule has 7 nitrogen and oxygen atoms in total. The molecule has 1 aromatic carbocycles. The summed E-state index contributed by atoms with van der Waals surface area (Å²) in [5.74, 6) is -1.24. The summed E-state index contributed by atoms with van der Waals surface area (Å²) in [7, 11) is 1.43. The number of dihydropyridines is 1. The number of phenols is 1. The summed E-state index contributed by atoms with van der Waals surface area (Å²) in [4.78, 5) is 26.7. The predicted octanol–water partition coefficient (Wildman–Crippen LogP) is 4.38. The Kier molecular flexibility index (Phi) is 6.47. The van der Waals surface area contributed by atoms with Crippen LogP contribution in [0.2, 0.25) is 5.02 Å². The van der Waals surface area contributed by atoms with Gasteiger partial charge >= 0.3 is 5.97 Å². The minimum atomic E-state index is -0.686. The maximum Gasteiger partial charge on any atom is 0.336 e. The molecular weight excluding hydrogens is 446 g/mol. The number of halogens is 1. The second kappa shape index (κ2) is 9.03. The molecule has 0 radical (unpaired) electrons. The number of ketones is 1. The van der Waals surface area contributed by atoms with Gasteiger partial charge in [0.25, 0.3) is 0 Å². The quantitative estimate of drug-likeness (QED) is 0.610. The van der Waals surface area contributed by atoms with Crippen LogP contribution in [0.5, 0.6) is 11.5 Å². The standard InChI is InChI=1S/C25H30ClNO6/c1-13-20(24(30)33-12-15-6-5-7-32-15)21(14-8-16(26)23(29)19(9-14)31-4)22-17(27-13)10-25(2,3)11-18(22)28/h8-9,15,21,27,29H,5-7,10-12H2,1-4H3/t15-,21+/m0/s1. The molecule has 0 aromatic heterocycles. The normalized spacial score (nSPS) is 24.5. The summed E-state index contributed by atoms with van der Waals surface area (Å²) >= 11 is 6.29. The third-order valence-electron chi connectivity index (χ3n) is 6.49. The molecule has 2 atom stereocenters. The lowest BCUT2D eigenvalue weighted by Crippen LogP contribution is -2.39. The molecule has 2 aliphatic heterocycles. The Morgan fingerprint density at radius 1 is 1.33 bits per heavy atom. The Hall–Kier alpha value is -2.51. The lowest BCUT2D eigenvalue weighted by atomic mass is 9.68. The number of ether oxygens (including phenoxy) is 3. The summed E-state index contributed by atoms with van der Waals surface area (Å²) < 4.78 is 16.5. The fourth-order valence-electron chi connectivity index (χ4n) is 4.98. The molecule has 4 rings (SSSR count). The monoisotopic (exact) mass is 475 g/mol. The fraction of sp³-hybridized carbons (Fsp3) is 0.520. The molecule has 2 heterocycles. The van der Waals surface area contributed by atoms with E-state index in [0.717, 1.165) is 18.5 Å². The van der Waals surface area contributed by atoms with Gasteiger partial charge in [-0.1, -0.05) is 25.4 Å². The number of methoxy groups -OCH3 is 1. The minimum Gasteiger partial charge on any atom is -0.503 e. The van der Waals surface area contributed by atoms with E-state index in [1.165, 1.54) is 7.11 Å². The van der Waals surface area contributed by atoms with Crippen molar-refractivity contribution in [3.8, 4) is 11.5 Å². The van der Waals surface area contributed by atoms with Crippen molar-refractivity contribution in [1.29, 1.82) is 0 Å². The highest BCUT2D eigenvalue weighted by atomic mass is 35.5. The van der Waals surface area contributed by atoms with Crippen molar-refractivity contribution in [3.05, 3.63) is 45.3 Å². The Morgan fingerprint density at radius 2 is 2.09 bits per heavy atom. The summed E-state index contributed by atoms with van der Waals surface area (Å²) in [6.45, 7) is 6.74. The number of hydrogen-bond acceptors (Lipinski definition) is 7. The number of carbonyl (C=O) groups is 2. The molecule has 8 heteroatoms. The van der Waals surface area contributed by atoms with Gasteiger partial charge in [-0.2, -0.15) is 0 Å². The summed E-state index contributed by atoms with van der Waals surface area (Å²) in [5, 5.41) is 13.6. The Morgan fingerprint density at radius 3 is 2.76 bits per heavy atom. The van der Waals surface area contributed by atoms with Crippen molar-refractivity contribution in [2.24, 2.45) is 5.41 Å². The van der Waals surface area contributed by atoms with E-state index >= 15 is 0 Å². The van der Waals surface area contributed by atoms with Crippen LogP contribution in [0.4, 0.5) is 0 Å². The number of allylic oxidation sites excluding steroid dienone is 3. The molecule has 0 saturated carbocycles. The lowest BCUT2D eigenvalue weighted by molar-refractivity contribution is -0.142. The first-order chi connectivity index (χ1) is 15.6. The Labute approximate surface area is 198 Å². The van der Waals surface area contributed by atoms with E-state index in [1.54, 1.807) is 12.1 Å². The van der Waals surface area contributed by atoms with Crippen LogP contribution in [0, 0.1) is 5.41 Å². The lowest BCUT2D eigenvalue weighted by Gasteiger charge is -2.39. The van der Waals surface area contributed by atoms with Gasteiger partial charge in [0.1, 0.15) is 6.61 Å². The molecule has 0 amide bonds. The molecule has 0 spiro atoms. The second-order valence-corrected chi connectivity index (χ2v) is 10.1. The van der Waals surface area contributed by atoms with Crippen LogP contribution in [0.15, 0.2) is 34.7 Å². The van der Waals surface area contributed by atoms with Crippen LogP contribution >= 0.6 is 11.6 Å². The highest BCUT2D eigenvalue weighted by Gasteiger charge is 2.43. The van der Waals surface area contributed by atoms with Gasteiger partial charge < -0.3 is 24.6 Å². The van der Waals surface area contributed by atoms with Gasteiger partial charge in [0, 0.05) is 35.9 Å². The van der Waals surface area contributed by atoms with Crippen LogP contribution < -0.4 is 10.1 Å². The number of hydrogen-bond donors (Lipinski definition) is 2. The minimum absolute atomic E-state index is 0.0289. The number of phenolic OH excluding ortho intramolecular Hbond substituents is 1. The molecule has 1 aliphatic carbocycles. The Balaban J connectivity index is 1.79. The third-order valence-corrected chi connectivity index (χ3v) is 6.78. The molecule has 3 aliphatic rings. The number of esters is 1. The maximum absolute atomic E-state index is 13.4. The highest BCUT2D eigenvalue weighted by molar-refractivity contribution is 6.32. The van der Waals surface area contributed by atoms with E-state index < -0.39 is 11.9 Å². The summed E-state index contributed by atoms with van der Waals surface area (Å²) in [6.07, 6.45) is 2.72. The average Bonchev–Trinajstić information content (AvgIpc) is 3.25. The second-order valence-electron chi connectivity index (χ2n) is 9.72. The van der Waals surface area contributed by atoms with E-state index in [9.17, 15) is 14.7 Å². The smallest absolute Gasteiger partial charge is 0.336 e. The van der Waals surface area contributed by atoms with Crippen molar-refractivity contribution in [2.45, 2.75) is 58.5 Å². The van der Waals surface area contributed by atoms with Crippen molar-refractivity contribution >= 4 is 23.4 Å². The topological polar surface area (TPSA) is 94.1 Å². The van der Waals surface area contributed by atoms with Crippen LogP contribution in [0.1, 0.15) is 57.9 Å². The largest absolute Gasteiger partial charge is 0.503 e. The van der Waals surface area contributed by atoms with Crippen LogP contribution in [0.25, 0.3) is 0 Å². The molecule has 0 unspecified atom stereocenters. The zero-order chi connectivity index (χ0) is 23.9. The molecule has 1 aromatic rings. The third kappa shape index (κ3) is 4.62. The number of aromatic hydroxyl groups is 1. The molecule has 1 saturated heterocycles. The van der Waals surface area contributed by atoms with Crippen LogP contribution in [-0.4, -0.2) is 43.3 Å². The van der Waals surface area contributed by atoms with Gasteiger partial charge in [0.05, 0.1) is 23.8 Å². The van der Waals surface area contributed by atoms with Crippen molar-refractivity contribution in [1.82, 2.24) is 5.32 Å². The zero-order valence-corrected chi connectivity index (χ0v) is 20.2. The van der Waals surface area contributed by atoms with Crippen molar-refractivity contribution in [2.75, 3.05) is 20.3 Å². The molecule has 0 bridgehead atoms. The van der Waals surface area contributed by atoms with E-state index in [1.807, 2.05) is 6.92 Å². The van der Waals surface area contributed by atoms with Gasteiger partial charge in [-0.15, -0.1) is 0 Å². The number of carbonyl (C=O) groups excluding carboxylic acids is 2. The van der Waals surface area contributed by atoms with E-state index in [0.29, 0.717) is 41.9 Å². The first-order valence-corrected chi connectivity index (χ1v) is 11.6. The predicted molar refractivity (Wildman–Crippen MR) is 123 cm³/mol. The summed E-state index contributed by atoms with van der Waals surface area (Å²) in [5.41, 5.74) is 2.70. The first-order valence-electron chi connectivity index (χ1n) is 11.2. The van der Waals surface area contributed by atoms with Gasteiger partial charge in [-0.25, -0.2) is 4.79 Å². The molecule has 1 fully saturated rings. The first kappa shape index (κ1) is 23.6. The number of benzene rings is 1. The molecule has 178 valence electrons. The molecular formula is C25H30ClNO6. The van der Waals surface area contributed by atoms with Crippen LogP contribution in [-0.2, 0) is 19.1 Å². The fourth-order valence-corrected chi connectivity index (χ4v) is 5.20. The number of nitrogens with one attached hydrogen (secondary N) is 1. The van der Waals surface area contributed by atoms with Gasteiger partial charge in [0.15, 0.2) is 17.3 Å². The highest BCUT2D eigenvalue weighted by Crippen LogP contribution is 2.49. The van der Waals surface area contributed by atoms with Gasteiger partial charge in [0.2, 0.25) is 0 Å². The van der Waals surface area contributed by atoms with E-state index in [4.69, 9.17) is 25.8 Å². The van der Waals surface area contributed by atoms with E-state index in [-0.39, 0.29) is 40.4 Å². The zero-order valence-electron chi connectivity index (χ0n) is 19.4. The van der Waals surface area contributed by atoms with Crippen LogP contribution in [0.3, 0.4) is 0 Å². The van der Waals surface area contributed by atoms with E-state index in [2.05, 4.69) is 19.2 Å². The van der Waals surface area contributed by atoms with Gasteiger partial charge in [-0.05, 0) is 49.3 Å².